The maximum Gasteiger partial charge on any atom is 0.257 e. The number of hydrogen-bond donors (Lipinski definition) is 1. The molecular formula is C25H23FN8O. The topological polar surface area (TPSA) is 100 Å². The van der Waals surface area contributed by atoms with Gasteiger partial charge in [0.2, 0.25) is 5.95 Å². The number of halogens is 1. The van der Waals surface area contributed by atoms with E-state index in [0.717, 1.165) is 31.6 Å². The summed E-state index contributed by atoms with van der Waals surface area (Å²) in [5.74, 6) is 0.799. The van der Waals surface area contributed by atoms with Crippen molar-refractivity contribution in [3.05, 3.63) is 85.0 Å². The lowest BCUT2D eigenvalue weighted by Gasteiger charge is -2.40. The fourth-order valence-corrected chi connectivity index (χ4v) is 3.99. The number of amides is 1. The second-order valence-corrected chi connectivity index (χ2v) is 8.23. The molecule has 1 saturated heterocycles. The zero-order chi connectivity index (χ0) is 24.2. The number of carbonyl (C=O) groups excluding carboxylic acids is 1. The highest BCUT2D eigenvalue weighted by atomic mass is 19.1. The summed E-state index contributed by atoms with van der Waals surface area (Å²) in [4.78, 5) is 38.5. The molecule has 1 amide bonds. The van der Waals surface area contributed by atoms with E-state index in [0.29, 0.717) is 28.5 Å². The van der Waals surface area contributed by atoms with Crippen LogP contribution in [0.3, 0.4) is 0 Å². The molecule has 5 rings (SSSR count). The minimum absolute atomic E-state index is 0.198. The third-order valence-electron chi connectivity index (χ3n) is 5.78. The zero-order valence-electron chi connectivity index (χ0n) is 19.0. The van der Waals surface area contributed by atoms with Crippen molar-refractivity contribution in [3.63, 3.8) is 0 Å². The van der Waals surface area contributed by atoms with Crippen LogP contribution in [0.15, 0.2) is 73.6 Å². The molecule has 10 heteroatoms. The monoisotopic (exact) mass is 470 g/mol. The molecule has 9 nitrogen and oxygen atoms in total. The van der Waals surface area contributed by atoms with Crippen molar-refractivity contribution in [2.75, 3.05) is 34.8 Å². The predicted octanol–water partition coefficient (Wildman–Crippen LogP) is 3.44. The number of nitrogens with one attached hydrogen (secondary N) is 1. The highest BCUT2D eigenvalue weighted by Crippen LogP contribution is 2.21. The lowest BCUT2D eigenvalue weighted by Crippen LogP contribution is -2.53. The SMILES string of the molecule is C[C@H]1CN(c2ccccn2)CCN1c1ncc(NC(=O)c2ccc(-c3cncc(F)c3)nc2)cn1. The standard InChI is InChI=1S/C25H23FN8O/c1-17-16-33(23-4-2-3-7-28-23)8-9-34(17)25-30-14-21(15-31-25)32-24(35)18-5-6-22(29-12-18)19-10-20(26)13-27-11-19/h2-7,10-15,17H,8-9,16H2,1H3,(H,32,35)/t17-/m0/s1. The number of nitrogens with zero attached hydrogens (tertiary/aromatic N) is 7. The van der Waals surface area contributed by atoms with Crippen LogP contribution in [0.1, 0.15) is 17.3 Å². The second kappa shape index (κ2) is 9.80. The highest BCUT2D eigenvalue weighted by molar-refractivity contribution is 6.04. The number of pyridine rings is 3. The van der Waals surface area contributed by atoms with Crippen molar-refractivity contribution in [1.29, 1.82) is 0 Å². The minimum Gasteiger partial charge on any atom is -0.353 e. The van der Waals surface area contributed by atoms with Gasteiger partial charge in [-0.05, 0) is 37.3 Å². The van der Waals surface area contributed by atoms with Crippen LogP contribution in [0.5, 0.6) is 0 Å². The third-order valence-corrected chi connectivity index (χ3v) is 5.78. The van der Waals surface area contributed by atoms with E-state index in [1.807, 2.05) is 18.2 Å². The molecule has 0 spiro atoms. The fraction of sp³-hybridized carbons (Fsp3) is 0.200. The van der Waals surface area contributed by atoms with Gasteiger partial charge in [-0.2, -0.15) is 0 Å². The van der Waals surface area contributed by atoms with Crippen LogP contribution in [-0.2, 0) is 0 Å². The van der Waals surface area contributed by atoms with Crippen molar-refractivity contribution in [2.24, 2.45) is 0 Å². The Bertz CT molecular complexity index is 1300. The summed E-state index contributed by atoms with van der Waals surface area (Å²) in [5.41, 5.74) is 1.91. The van der Waals surface area contributed by atoms with E-state index in [-0.39, 0.29) is 11.9 Å². The maximum absolute atomic E-state index is 13.4. The van der Waals surface area contributed by atoms with E-state index in [1.54, 1.807) is 30.7 Å². The molecule has 0 unspecified atom stereocenters. The number of carbonyl (C=O) groups is 1. The average molecular weight is 471 g/mol. The molecule has 1 fully saturated rings. The van der Waals surface area contributed by atoms with Crippen molar-refractivity contribution in [1.82, 2.24) is 24.9 Å². The maximum atomic E-state index is 13.4. The summed E-state index contributed by atoms with van der Waals surface area (Å²) in [7, 11) is 0. The first kappa shape index (κ1) is 22.3. The van der Waals surface area contributed by atoms with Crippen LogP contribution in [0.2, 0.25) is 0 Å². The first-order valence-electron chi connectivity index (χ1n) is 11.2. The minimum atomic E-state index is -0.445. The number of anilines is 3. The van der Waals surface area contributed by atoms with Gasteiger partial charge in [0.05, 0.1) is 35.5 Å². The van der Waals surface area contributed by atoms with Crippen LogP contribution in [0, 0.1) is 5.82 Å². The largest absolute Gasteiger partial charge is 0.353 e. The Morgan fingerprint density at radius 3 is 2.54 bits per heavy atom. The Labute approximate surface area is 201 Å². The number of hydrogen-bond acceptors (Lipinski definition) is 8. The van der Waals surface area contributed by atoms with E-state index >= 15 is 0 Å². The Morgan fingerprint density at radius 2 is 1.86 bits per heavy atom. The van der Waals surface area contributed by atoms with Crippen LogP contribution in [0.4, 0.5) is 21.8 Å². The first-order chi connectivity index (χ1) is 17.1. The molecule has 1 atom stereocenters. The molecule has 0 saturated carbocycles. The van der Waals surface area contributed by atoms with E-state index in [4.69, 9.17) is 0 Å². The molecule has 1 aliphatic heterocycles. The van der Waals surface area contributed by atoms with E-state index in [1.165, 1.54) is 18.5 Å². The summed E-state index contributed by atoms with van der Waals surface area (Å²) >= 11 is 0. The van der Waals surface area contributed by atoms with Crippen LogP contribution < -0.4 is 15.1 Å². The first-order valence-corrected chi connectivity index (χ1v) is 11.2. The molecule has 0 bridgehead atoms. The van der Waals surface area contributed by atoms with Gasteiger partial charge in [-0.3, -0.25) is 14.8 Å². The zero-order valence-corrected chi connectivity index (χ0v) is 19.0. The van der Waals surface area contributed by atoms with Crippen LogP contribution in [-0.4, -0.2) is 56.5 Å². The molecule has 4 aromatic rings. The highest BCUT2D eigenvalue weighted by Gasteiger charge is 2.26. The number of piperazine rings is 1. The summed E-state index contributed by atoms with van der Waals surface area (Å²) in [6.07, 6.45) is 9.07. The second-order valence-electron chi connectivity index (χ2n) is 8.23. The molecular weight excluding hydrogens is 447 g/mol. The predicted molar refractivity (Wildman–Crippen MR) is 131 cm³/mol. The van der Waals surface area contributed by atoms with E-state index < -0.39 is 5.82 Å². The van der Waals surface area contributed by atoms with Crippen LogP contribution in [0.25, 0.3) is 11.3 Å². The van der Waals surface area contributed by atoms with Gasteiger partial charge in [-0.25, -0.2) is 19.3 Å². The summed E-state index contributed by atoms with van der Waals surface area (Å²) in [6, 6.07) is 10.7. The molecule has 35 heavy (non-hydrogen) atoms. The average Bonchev–Trinajstić information content (AvgIpc) is 2.90. The molecule has 4 aromatic heterocycles. The fourth-order valence-electron chi connectivity index (χ4n) is 3.99. The van der Waals surface area contributed by atoms with Gasteiger partial charge >= 0.3 is 0 Å². The van der Waals surface area contributed by atoms with E-state index in [9.17, 15) is 9.18 Å². The van der Waals surface area contributed by atoms with Crippen molar-refractivity contribution in [3.8, 4) is 11.3 Å². The molecule has 5 heterocycles. The number of rotatable bonds is 5. The number of aromatic nitrogens is 5. The van der Waals surface area contributed by atoms with Gasteiger partial charge in [0.25, 0.3) is 5.91 Å². The summed E-state index contributed by atoms with van der Waals surface area (Å²) in [5, 5.41) is 2.79. The van der Waals surface area contributed by atoms with Gasteiger partial charge in [-0.15, -0.1) is 0 Å². The summed E-state index contributed by atoms with van der Waals surface area (Å²) < 4.78 is 13.4. The van der Waals surface area contributed by atoms with E-state index in [2.05, 4.69) is 47.0 Å². The van der Waals surface area contributed by atoms with Gasteiger partial charge in [0.1, 0.15) is 11.6 Å². The normalized spacial score (nSPS) is 15.7. The third kappa shape index (κ3) is 5.06. The Kier molecular flexibility index (Phi) is 6.25. The lowest BCUT2D eigenvalue weighted by molar-refractivity contribution is 0.102. The lowest BCUT2D eigenvalue weighted by atomic mass is 10.1. The molecule has 176 valence electrons. The molecule has 0 aliphatic carbocycles. The van der Waals surface area contributed by atoms with Gasteiger partial charge < -0.3 is 15.1 Å². The van der Waals surface area contributed by atoms with Gasteiger partial charge in [-0.1, -0.05) is 6.07 Å². The van der Waals surface area contributed by atoms with Crippen molar-refractivity contribution < 1.29 is 9.18 Å². The molecule has 0 radical (unpaired) electrons. The smallest absolute Gasteiger partial charge is 0.257 e. The Hall–Kier alpha value is -4.47. The van der Waals surface area contributed by atoms with Gasteiger partial charge in [0.15, 0.2) is 0 Å². The van der Waals surface area contributed by atoms with Crippen molar-refractivity contribution >= 4 is 23.4 Å². The molecule has 1 aliphatic rings. The van der Waals surface area contributed by atoms with Gasteiger partial charge in [0, 0.05) is 49.8 Å². The molecule has 0 aromatic carbocycles. The van der Waals surface area contributed by atoms with Crippen molar-refractivity contribution in [2.45, 2.75) is 13.0 Å². The van der Waals surface area contributed by atoms with Crippen LogP contribution >= 0.6 is 0 Å². The Balaban J connectivity index is 1.20. The molecule has 1 N–H and O–H groups in total. The quantitative estimate of drug-likeness (QED) is 0.474. The Morgan fingerprint density at radius 1 is 1.00 bits per heavy atom. The summed E-state index contributed by atoms with van der Waals surface area (Å²) in [6.45, 7) is 4.53.